The van der Waals surface area contributed by atoms with Gasteiger partial charge in [-0.3, -0.25) is 0 Å². The lowest BCUT2D eigenvalue weighted by Crippen LogP contribution is -2.58. The van der Waals surface area contributed by atoms with E-state index in [2.05, 4.69) is 0 Å². The van der Waals surface area contributed by atoms with Gasteiger partial charge in [-0.2, -0.15) is 0 Å². The first-order chi connectivity index (χ1) is 6.11. The van der Waals surface area contributed by atoms with E-state index in [0.29, 0.717) is 0 Å². The van der Waals surface area contributed by atoms with E-state index in [1.807, 2.05) is 0 Å². The third-order valence-corrected chi connectivity index (χ3v) is 2.38. The molecule has 1 aliphatic heterocycles. The van der Waals surface area contributed by atoms with Crippen LogP contribution in [0.4, 0.5) is 0 Å². The van der Waals surface area contributed by atoms with Crippen molar-refractivity contribution in [3.63, 3.8) is 0 Å². The third-order valence-electron chi connectivity index (χ3n) is 2.38. The van der Waals surface area contributed by atoms with Crippen LogP contribution in [-0.2, 0) is 9.47 Å². The highest BCUT2D eigenvalue weighted by Gasteiger charge is 2.42. The molecule has 1 heterocycles. The van der Waals surface area contributed by atoms with Crippen molar-refractivity contribution in [1.82, 2.24) is 0 Å². The van der Waals surface area contributed by atoms with Gasteiger partial charge in [0.25, 0.3) is 0 Å². The van der Waals surface area contributed by atoms with Crippen LogP contribution in [0.25, 0.3) is 0 Å². The van der Waals surface area contributed by atoms with Gasteiger partial charge in [-0.15, -0.1) is 0 Å². The minimum absolute atomic E-state index is 0.280. The van der Waals surface area contributed by atoms with Crippen molar-refractivity contribution >= 4 is 0 Å². The summed E-state index contributed by atoms with van der Waals surface area (Å²) < 4.78 is 10.1. The molecule has 5 nitrogen and oxygen atoms in total. The predicted octanol–water partition coefficient (Wildman–Crippen LogP) is -1.50. The molecule has 0 aromatic rings. The van der Waals surface area contributed by atoms with Crippen molar-refractivity contribution < 1.29 is 24.8 Å². The first-order valence-corrected chi connectivity index (χ1v) is 4.27. The van der Waals surface area contributed by atoms with Crippen LogP contribution in [0, 0.1) is 0 Å². The van der Waals surface area contributed by atoms with Gasteiger partial charge in [-0.1, -0.05) is 0 Å². The molecule has 78 valence electrons. The molecule has 2 unspecified atom stereocenters. The molecule has 0 saturated carbocycles. The van der Waals surface area contributed by atoms with Crippen molar-refractivity contribution in [1.29, 1.82) is 0 Å². The fourth-order valence-electron chi connectivity index (χ4n) is 1.55. The summed E-state index contributed by atoms with van der Waals surface area (Å²) in [5.41, 5.74) is 0. The summed E-state index contributed by atoms with van der Waals surface area (Å²) in [6.07, 6.45) is -3.65. The highest BCUT2D eigenvalue weighted by atomic mass is 16.6. The molecule has 13 heavy (non-hydrogen) atoms. The standard InChI is InChI=1S/C8H16O5/c1-4-6(10)8(12-2)7(11)5(3-9)13-4/h4-11H,3H2,1-2H3/t4-,5?,6-,7-,8?/m0/s1. The van der Waals surface area contributed by atoms with Crippen molar-refractivity contribution in [3.05, 3.63) is 0 Å². The second-order valence-corrected chi connectivity index (χ2v) is 3.24. The summed E-state index contributed by atoms with van der Waals surface area (Å²) >= 11 is 0. The summed E-state index contributed by atoms with van der Waals surface area (Å²) in [4.78, 5) is 0. The molecule has 1 aliphatic rings. The second-order valence-electron chi connectivity index (χ2n) is 3.24. The molecule has 0 bridgehead atoms. The topological polar surface area (TPSA) is 79.2 Å². The van der Waals surface area contributed by atoms with Crippen LogP contribution in [0.1, 0.15) is 6.92 Å². The molecule has 0 spiro atoms. The van der Waals surface area contributed by atoms with Crippen molar-refractivity contribution in [2.24, 2.45) is 0 Å². The Kier molecular flexibility index (Phi) is 3.63. The molecule has 1 saturated heterocycles. The molecule has 1 fully saturated rings. The van der Waals surface area contributed by atoms with E-state index >= 15 is 0 Å². The van der Waals surface area contributed by atoms with Gasteiger partial charge < -0.3 is 24.8 Å². The van der Waals surface area contributed by atoms with E-state index in [0.717, 1.165) is 0 Å². The maximum Gasteiger partial charge on any atom is 0.114 e. The highest BCUT2D eigenvalue weighted by molar-refractivity contribution is 4.91. The zero-order valence-corrected chi connectivity index (χ0v) is 7.75. The van der Waals surface area contributed by atoms with Crippen LogP contribution in [0.5, 0.6) is 0 Å². The Bertz CT molecular complexity index is 163. The number of aliphatic hydroxyl groups is 3. The van der Waals surface area contributed by atoms with Crippen molar-refractivity contribution in [2.75, 3.05) is 13.7 Å². The minimum atomic E-state index is -0.985. The lowest BCUT2D eigenvalue weighted by molar-refractivity contribution is -0.231. The Labute approximate surface area is 76.9 Å². The van der Waals surface area contributed by atoms with Gasteiger partial charge in [0, 0.05) is 7.11 Å². The molecule has 0 aromatic carbocycles. The maximum atomic E-state index is 9.55. The van der Waals surface area contributed by atoms with Gasteiger partial charge in [0.2, 0.25) is 0 Å². The van der Waals surface area contributed by atoms with E-state index in [-0.39, 0.29) is 6.61 Å². The van der Waals surface area contributed by atoms with Gasteiger partial charge in [0.05, 0.1) is 12.7 Å². The molecule has 1 rings (SSSR count). The SMILES string of the molecule is COC1[C@@H](O)C(CO)O[C@@H](C)[C@@H]1O. The fraction of sp³-hybridized carbons (Fsp3) is 1.00. The smallest absolute Gasteiger partial charge is 0.114 e. The average Bonchev–Trinajstić information content (AvgIpc) is 2.12. The summed E-state index contributed by atoms with van der Waals surface area (Å²) in [7, 11) is 1.41. The normalized spacial score (nSPS) is 46.4. The van der Waals surface area contributed by atoms with Gasteiger partial charge in [0.15, 0.2) is 0 Å². The molecule has 5 heteroatoms. The van der Waals surface area contributed by atoms with E-state index in [9.17, 15) is 10.2 Å². The number of aliphatic hydroxyl groups excluding tert-OH is 3. The molecular formula is C8H16O5. The molecule has 0 amide bonds. The zero-order chi connectivity index (χ0) is 10.0. The lowest BCUT2D eigenvalue weighted by Gasteiger charge is -2.40. The molecule has 5 atom stereocenters. The number of rotatable bonds is 2. The fourth-order valence-corrected chi connectivity index (χ4v) is 1.55. The highest BCUT2D eigenvalue weighted by Crippen LogP contribution is 2.22. The number of hydrogen-bond donors (Lipinski definition) is 3. The van der Waals surface area contributed by atoms with Crippen LogP contribution in [0.3, 0.4) is 0 Å². The molecular weight excluding hydrogens is 176 g/mol. The summed E-state index contributed by atoms with van der Waals surface area (Å²) in [5, 5.41) is 27.9. The van der Waals surface area contributed by atoms with E-state index in [1.54, 1.807) is 6.92 Å². The van der Waals surface area contributed by atoms with Gasteiger partial charge in [-0.05, 0) is 6.92 Å². The quantitative estimate of drug-likeness (QED) is 0.496. The van der Waals surface area contributed by atoms with E-state index in [1.165, 1.54) is 7.11 Å². The summed E-state index contributed by atoms with van der Waals surface area (Å²) in [6, 6.07) is 0. The van der Waals surface area contributed by atoms with Crippen molar-refractivity contribution in [2.45, 2.75) is 37.4 Å². The Morgan fingerprint density at radius 2 is 1.92 bits per heavy atom. The van der Waals surface area contributed by atoms with Gasteiger partial charge in [-0.25, -0.2) is 0 Å². The molecule has 0 radical (unpaired) electrons. The summed E-state index contributed by atoms with van der Waals surface area (Å²) in [5.74, 6) is 0. The first kappa shape index (κ1) is 10.9. The molecule has 0 aliphatic carbocycles. The Morgan fingerprint density at radius 3 is 2.38 bits per heavy atom. The van der Waals surface area contributed by atoms with Crippen LogP contribution >= 0.6 is 0 Å². The maximum absolute atomic E-state index is 9.55. The van der Waals surface area contributed by atoms with Gasteiger partial charge >= 0.3 is 0 Å². The molecule has 0 aromatic heterocycles. The van der Waals surface area contributed by atoms with Crippen LogP contribution in [0.15, 0.2) is 0 Å². The monoisotopic (exact) mass is 192 g/mol. The largest absolute Gasteiger partial charge is 0.394 e. The van der Waals surface area contributed by atoms with Crippen LogP contribution in [-0.4, -0.2) is 59.6 Å². The third kappa shape index (κ3) is 2.00. The number of ether oxygens (including phenoxy) is 2. The van der Waals surface area contributed by atoms with Gasteiger partial charge in [0.1, 0.15) is 24.4 Å². The van der Waals surface area contributed by atoms with Crippen LogP contribution < -0.4 is 0 Å². The van der Waals surface area contributed by atoms with E-state index in [4.69, 9.17) is 14.6 Å². The Hall–Kier alpha value is -0.200. The summed E-state index contributed by atoms with van der Waals surface area (Å²) in [6.45, 7) is 1.39. The van der Waals surface area contributed by atoms with Crippen molar-refractivity contribution in [3.8, 4) is 0 Å². The predicted molar refractivity (Wildman–Crippen MR) is 44.2 cm³/mol. The molecule has 3 N–H and O–H groups in total. The average molecular weight is 192 g/mol. The number of hydrogen-bond acceptors (Lipinski definition) is 5. The Balaban J connectivity index is 2.69. The lowest BCUT2D eigenvalue weighted by atomic mass is 9.96. The zero-order valence-electron chi connectivity index (χ0n) is 7.75. The Morgan fingerprint density at radius 1 is 1.31 bits per heavy atom. The first-order valence-electron chi connectivity index (χ1n) is 4.27. The minimum Gasteiger partial charge on any atom is -0.394 e. The van der Waals surface area contributed by atoms with Crippen LogP contribution in [0.2, 0.25) is 0 Å². The van der Waals surface area contributed by atoms with E-state index < -0.39 is 30.5 Å². The second kappa shape index (κ2) is 4.34. The number of methoxy groups -OCH3 is 1.